The molecule has 6 nitrogen and oxygen atoms in total. The Kier molecular flexibility index (Phi) is 4.04. The first-order valence-electron chi connectivity index (χ1n) is 6.22. The van der Waals surface area contributed by atoms with Crippen LogP contribution >= 0.6 is 23.2 Å². The zero-order valence-electron chi connectivity index (χ0n) is 11.1. The topological polar surface area (TPSA) is 72.7 Å². The summed E-state index contributed by atoms with van der Waals surface area (Å²) in [5, 5.41) is 7.45. The lowest BCUT2D eigenvalue weighted by Crippen LogP contribution is -2.13. The van der Waals surface area contributed by atoms with Crippen molar-refractivity contribution in [3.05, 3.63) is 64.7 Å². The summed E-state index contributed by atoms with van der Waals surface area (Å²) >= 11 is 11.7. The van der Waals surface area contributed by atoms with E-state index >= 15 is 0 Å². The van der Waals surface area contributed by atoms with Crippen molar-refractivity contribution in [3.8, 4) is 5.82 Å². The van der Waals surface area contributed by atoms with E-state index in [-0.39, 0.29) is 5.91 Å². The summed E-state index contributed by atoms with van der Waals surface area (Å²) in [7, 11) is 0. The van der Waals surface area contributed by atoms with Crippen LogP contribution in [0.1, 0.15) is 10.4 Å². The van der Waals surface area contributed by atoms with Crippen LogP contribution in [-0.4, -0.2) is 25.7 Å². The Bertz CT molecular complexity index is 820. The van der Waals surface area contributed by atoms with Gasteiger partial charge in [0, 0.05) is 24.0 Å². The first kappa shape index (κ1) is 14.5. The van der Waals surface area contributed by atoms with Gasteiger partial charge in [-0.2, -0.15) is 5.10 Å². The van der Waals surface area contributed by atoms with Gasteiger partial charge in [0.15, 0.2) is 5.82 Å². The minimum Gasteiger partial charge on any atom is -0.306 e. The number of hydrogen-bond acceptors (Lipinski definition) is 4. The van der Waals surface area contributed by atoms with Crippen molar-refractivity contribution in [2.45, 2.75) is 0 Å². The van der Waals surface area contributed by atoms with Gasteiger partial charge in [-0.15, -0.1) is 0 Å². The molecule has 0 spiro atoms. The second-order valence-corrected chi connectivity index (χ2v) is 5.11. The van der Waals surface area contributed by atoms with E-state index in [0.717, 1.165) is 0 Å². The monoisotopic (exact) mass is 333 g/mol. The average Bonchev–Trinajstić information content (AvgIpc) is 3.04. The predicted molar refractivity (Wildman–Crippen MR) is 83.6 cm³/mol. The molecule has 3 rings (SSSR count). The van der Waals surface area contributed by atoms with Crippen molar-refractivity contribution in [1.29, 1.82) is 0 Å². The second-order valence-electron chi connectivity index (χ2n) is 4.30. The summed E-state index contributed by atoms with van der Waals surface area (Å²) in [6, 6.07) is 8.03. The van der Waals surface area contributed by atoms with Crippen molar-refractivity contribution < 1.29 is 4.79 Å². The SMILES string of the molecule is O=C(Nc1cc(-n2cccn2)ncn1)c1ccc(Cl)c(Cl)c1. The molecule has 0 saturated heterocycles. The number of halogens is 2. The van der Waals surface area contributed by atoms with Gasteiger partial charge in [-0.05, 0) is 24.3 Å². The van der Waals surface area contributed by atoms with E-state index in [0.29, 0.717) is 27.2 Å². The van der Waals surface area contributed by atoms with E-state index in [1.807, 2.05) is 0 Å². The smallest absolute Gasteiger partial charge is 0.256 e. The van der Waals surface area contributed by atoms with Crippen LogP contribution in [0.25, 0.3) is 5.82 Å². The van der Waals surface area contributed by atoms with Crippen LogP contribution < -0.4 is 5.32 Å². The van der Waals surface area contributed by atoms with Gasteiger partial charge in [-0.3, -0.25) is 4.79 Å². The number of benzene rings is 1. The van der Waals surface area contributed by atoms with E-state index in [1.54, 1.807) is 41.3 Å². The highest BCUT2D eigenvalue weighted by atomic mass is 35.5. The molecule has 0 saturated carbocycles. The van der Waals surface area contributed by atoms with Gasteiger partial charge in [-0.1, -0.05) is 23.2 Å². The fourth-order valence-corrected chi connectivity index (χ4v) is 2.07. The molecular weight excluding hydrogens is 325 g/mol. The summed E-state index contributed by atoms with van der Waals surface area (Å²) in [6.07, 6.45) is 4.73. The molecule has 1 aromatic carbocycles. The van der Waals surface area contributed by atoms with E-state index in [2.05, 4.69) is 20.4 Å². The Hall–Kier alpha value is -2.44. The molecule has 0 bridgehead atoms. The maximum absolute atomic E-state index is 12.2. The molecule has 8 heteroatoms. The second kappa shape index (κ2) is 6.13. The van der Waals surface area contributed by atoms with Crippen molar-refractivity contribution in [2.24, 2.45) is 0 Å². The molecule has 2 heterocycles. The van der Waals surface area contributed by atoms with Gasteiger partial charge in [-0.25, -0.2) is 14.6 Å². The summed E-state index contributed by atoms with van der Waals surface area (Å²) in [4.78, 5) is 20.3. The molecular formula is C14H9Cl2N5O. The number of carbonyl (C=O) groups excluding carboxylic acids is 1. The number of nitrogens with one attached hydrogen (secondary N) is 1. The Morgan fingerprint density at radius 1 is 1.14 bits per heavy atom. The molecule has 0 aliphatic rings. The van der Waals surface area contributed by atoms with Gasteiger partial charge in [0.1, 0.15) is 12.1 Å². The average molecular weight is 334 g/mol. The molecule has 1 amide bonds. The highest BCUT2D eigenvalue weighted by Crippen LogP contribution is 2.23. The highest BCUT2D eigenvalue weighted by Gasteiger charge is 2.10. The fourth-order valence-electron chi connectivity index (χ4n) is 1.77. The number of aromatic nitrogens is 4. The highest BCUT2D eigenvalue weighted by molar-refractivity contribution is 6.42. The maximum Gasteiger partial charge on any atom is 0.256 e. The first-order chi connectivity index (χ1) is 10.6. The Balaban J connectivity index is 1.82. The molecule has 3 aromatic rings. The quantitative estimate of drug-likeness (QED) is 0.798. The summed E-state index contributed by atoms with van der Waals surface area (Å²) in [5.41, 5.74) is 0.383. The van der Waals surface area contributed by atoms with Crippen molar-refractivity contribution in [1.82, 2.24) is 19.7 Å². The van der Waals surface area contributed by atoms with E-state index in [9.17, 15) is 4.79 Å². The Labute approximate surface area is 135 Å². The normalized spacial score (nSPS) is 10.5. The number of amides is 1. The van der Waals surface area contributed by atoms with Crippen molar-refractivity contribution in [2.75, 3.05) is 5.32 Å². The zero-order valence-corrected chi connectivity index (χ0v) is 12.6. The van der Waals surface area contributed by atoms with Gasteiger partial charge in [0.2, 0.25) is 0 Å². The standard InChI is InChI=1S/C14H9Cl2N5O/c15-10-3-2-9(6-11(10)16)14(22)20-12-7-13(18-8-17-12)21-5-1-4-19-21/h1-8H,(H,17,18,20,22). The number of anilines is 1. The largest absolute Gasteiger partial charge is 0.306 e. The van der Waals surface area contributed by atoms with Crippen LogP contribution in [0.5, 0.6) is 0 Å². The molecule has 110 valence electrons. The summed E-state index contributed by atoms with van der Waals surface area (Å²) in [6.45, 7) is 0. The number of carbonyl (C=O) groups is 1. The molecule has 0 aliphatic carbocycles. The van der Waals surface area contributed by atoms with E-state index in [1.165, 1.54) is 12.4 Å². The molecule has 0 fully saturated rings. The van der Waals surface area contributed by atoms with E-state index in [4.69, 9.17) is 23.2 Å². The van der Waals surface area contributed by atoms with Crippen LogP contribution in [0.2, 0.25) is 10.0 Å². The fraction of sp³-hybridized carbons (Fsp3) is 0. The predicted octanol–water partition coefficient (Wildman–Crippen LogP) is 3.22. The minimum atomic E-state index is -0.344. The van der Waals surface area contributed by atoms with Crippen molar-refractivity contribution >= 4 is 34.9 Å². The van der Waals surface area contributed by atoms with Gasteiger partial charge in [0.25, 0.3) is 5.91 Å². The molecule has 2 aromatic heterocycles. The Morgan fingerprint density at radius 3 is 2.73 bits per heavy atom. The number of nitrogens with zero attached hydrogens (tertiary/aromatic N) is 4. The van der Waals surface area contributed by atoms with Gasteiger partial charge >= 0.3 is 0 Å². The van der Waals surface area contributed by atoms with Crippen LogP contribution in [0.15, 0.2) is 49.1 Å². The van der Waals surface area contributed by atoms with Crippen LogP contribution in [0.4, 0.5) is 5.82 Å². The maximum atomic E-state index is 12.2. The number of rotatable bonds is 3. The molecule has 0 radical (unpaired) electrons. The molecule has 0 unspecified atom stereocenters. The lowest BCUT2D eigenvalue weighted by Gasteiger charge is -2.06. The van der Waals surface area contributed by atoms with Crippen LogP contribution in [0, 0.1) is 0 Å². The molecule has 1 N–H and O–H groups in total. The van der Waals surface area contributed by atoms with Gasteiger partial charge < -0.3 is 5.32 Å². The summed E-state index contributed by atoms with van der Waals surface area (Å²) < 4.78 is 1.57. The number of hydrogen-bond donors (Lipinski definition) is 1. The lowest BCUT2D eigenvalue weighted by atomic mass is 10.2. The summed E-state index contributed by atoms with van der Waals surface area (Å²) in [5.74, 6) is 0.560. The van der Waals surface area contributed by atoms with Crippen LogP contribution in [0.3, 0.4) is 0 Å². The first-order valence-corrected chi connectivity index (χ1v) is 6.97. The Morgan fingerprint density at radius 2 is 2.00 bits per heavy atom. The molecule has 0 atom stereocenters. The third kappa shape index (κ3) is 3.08. The van der Waals surface area contributed by atoms with Crippen molar-refractivity contribution in [3.63, 3.8) is 0 Å². The third-order valence-corrected chi connectivity index (χ3v) is 3.55. The molecule has 0 aliphatic heterocycles. The molecule has 22 heavy (non-hydrogen) atoms. The van der Waals surface area contributed by atoms with E-state index < -0.39 is 0 Å². The lowest BCUT2D eigenvalue weighted by molar-refractivity contribution is 0.102. The van der Waals surface area contributed by atoms with Crippen LogP contribution in [-0.2, 0) is 0 Å². The minimum absolute atomic E-state index is 0.314. The third-order valence-electron chi connectivity index (χ3n) is 2.82. The van der Waals surface area contributed by atoms with Gasteiger partial charge in [0.05, 0.1) is 10.0 Å². The zero-order chi connectivity index (χ0) is 15.5.